The van der Waals surface area contributed by atoms with E-state index in [1.807, 2.05) is 55.5 Å². The number of hydrogen-bond donors (Lipinski definition) is 2. The van der Waals surface area contributed by atoms with E-state index in [1.165, 1.54) is 11.8 Å². The van der Waals surface area contributed by atoms with Gasteiger partial charge in [0, 0.05) is 12.4 Å². The number of anilines is 2. The molecule has 2 aromatic carbocycles. The van der Waals surface area contributed by atoms with E-state index in [0.29, 0.717) is 16.0 Å². The van der Waals surface area contributed by atoms with E-state index < -0.39 is 0 Å². The minimum absolute atomic E-state index is 0.0672. The van der Waals surface area contributed by atoms with Crippen molar-refractivity contribution in [3.8, 4) is 0 Å². The van der Waals surface area contributed by atoms with Crippen LogP contribution in [-0.2, 0) is 4.79 Å². The van der Waals surface area contributed by atoms with E-state index in [2.05, 4.69) is 20.6 Å². The van der Waals surface area contributed by atoms with Gasteiger partial charge in [0.25, 0.3) is 0 Å². The lowest BCUT2D eigenvalue weighted by molar-refractivity contribution is -0.119. The molecule has 0 saturated carbocycles. The minimum atomic E-state index is -0.292. The average molecular weight is 373 g/mol. The summed E-state index contributed by atoms with van der Waals surface area (Å²) in [5.74, 6) is 0.590. The SMILES string of the molecule is CNC(=O)C(C)Sc1nc(Nc2ccccc2Cl)c2ccccc2n1. The summed E-state index contributed by atoms with van der Waals surface area (Å²) >= 11 is 7.56. The number of hydrogen-bond acceptors (Lipinski definition) is 5. The van der Waals surface area contributed by atoms with E-state index in [-0.39, 0.29) is 11.2 Å². The molecule has 0 saturated heterocycles. The number of para-hydroxylation sites is 2. The molecule has 0 fully saturated rings. The van der Waals surface area contributed by atoms with Crippen LogP contribution in [0.4, 0.5) is 11.5 Å². The summed E-state index contributed by atoms with van der Waals surface area (Å²) in [7, 11) is 1.62. The summed E-state index contributed by atoms with van der Waals surface area (Å²) in [6.07, 6.45) is 0. The maximum atomic E-state index is 11.8. The van der Waals surface area contributed by atoms with Crippen LogP contribution in [0.1, 0.15) is 6.92 Å². The second kappa shape index (κ2) is 7.72. The van der Waals surface area contributed by atoms with Gasteiger partial charge in [-0.2, -0.15) is 0 Å². The van der Waals surface area contributed by atoms with Crippen molar-refractivity contribution in [3.05, 3.63) is 53.6 Å². The zero-order valence-electron chi connectivity index (χ0n) is 13.8. The molecule has 1 aromatic heterocycles. The summed E-state index contributed by atoms with van der Waals surface area (Å²) in [5.41, 5.74) is 1.57. The minimum Gasteiger partial charge on any atom is -0.358 e. The highest BCUT2D eigenvalue weighted by atomic mass is 35.5. The number of aromatic nitrogens is 2. The molecule has 0 aliphatic carbocycles. The fourth-order valence-electron chi connectivity index (χ4n) is 2.31. The molecule has 0 aliphatic rings. The molecule has 3 aromatic rings. The topological polar surface area (TPSA) is 66.9 Å². The van der Waals surface area contributed by atoms with Crippen molar-refractivity contribution < 1.29 is 4.79 Å². The first-order valence-corrected chi connectivity index (χ1v) is 9.01. The quantitative estimate of drug-likeness (QED) is 0.517. The van der Waals surface area contributed by atoms with Gasteiger partial charge >= 0.3 is 0 Å². The Balaban J connectivity index is 2.01. The third-order valence-electron chi connectivity index (χ3n) is 3.61. The van der Waals surface area contributed by atoms with Crippen LogP contribution >= 0.6 is 23.4 Å². The highest BCUT2D eigenvalue weighted by Crippen LogP contribution is 2.30. The molecule has 1 atom stereocenters. The van der Waals surface area contributed by atoms with Crippen LogP contribution < -0.4 is 10.6 Å². The van der Waals surface area contributed by atoms with Crippen molar-refractivity contribution in [2.24, 2.45) is 0 Å². The molecule has 0 bridgehead atoms. The Kier molecular flexibility index (Phi) is 5.40. The molecule has 2 N–H and O–H groups in total. The Morgan fingerprint density at radius 1 is 1.12 bits per heavy atom. The summed E-state index contributed by atoms with van der Waals surface area (Å²) in [6.45, 7) is 1.82. The number of nitrogens with one attached hydrogen (secondary N) is 2. The number of carbonyl (C=O) groups excluding carboxylic acids is 1. The second-order valence-electron chi connectivity index (χ2n) is 5.35. The summed E-state index contributed by atoms with van der Waals surface area (Å²) in [6, 6.07) is 15.2. The van der Waals surface area contributed by atoms with Crippen LogP contribution in [0, 0.1) is 0 Å². The fourth-order valence-corrected chi connectivity index (χ4v) is 3.33. The van der Waals surface area contributed by atoms with E-state index in [9.17, 15) is 4.79 Å². The largest absolute Gasteiger partial charge is 0.358 e. The molecule has 0 aliphatic heterocycles. The first-order valence-electron chi connectivity index (χ1n) is 7.75. The molecule has 25 heavy (non-hydrogen) atoms. The highest BCUT2D eigenvalue weighted by molar-refractivity contribution is 8.00. The lowest BCUT2D eigenvalue weighted by Crippen LogP contribution is -2.27. The smallest absolute Gasteiger partial charge is 0.233 e. The van der Waals surface area contributed by atoms with Crippen molar-refractivity contribution in [2.45, 2.75) is 17.3 Å². The third kappa shape index (κ3) is 4.03. The lowest BCUT2D eigenvalue weighted by atomic mass is 10.2. The van der Waals surface area contributed by atoms with Gasteiger partial charge in [0.05, 0.1) is 21.5 Å². The van der Waals surface area contributed by atoms with Crippen molar-refractivity contribution in [1.29, 1.82) is 0 Å². The number of benzene rings is 2. The Morgan fingerprint density at radius 2 is 1.84 bits per heavy atom. The molecule has 1 amide bonds. The van der Waals surface area contributed by atoms with Gasteiger partial charge in [0.15, 0.2) is 5.16 Å². The Bertz CT molecular complexity index is 918. The van der Waals surface area contributed by atoms with Crippen molar-refractivity contribution in [3.63, 3.8) is 0 Å². The molecule has 3 rings (SSSR count). The van der Waals surface area contributed by atoms with Crippen LogP contribution in [0.15, 0.2) is 53.7 Å². The van der Waals surface area contributed by atoms with E-state index in [1.54, 1.807) is 7.05 Å². The van der Waals surface area contributed by atoms with Crippen molar-refractivity contribution in [2.75, 3.05) is 12.4 Å². The molecule has 0 spiro atoms. The maximum absolute atomic E-state index is 11.8. The van der Waals surface area contributed by atoms with Gasteiger partial charge in [-0.3, -0.25) is 4.79 Å². The first kappa shape index (κ1) is 17.5. The van der Waals surface area contributed by atoms with Gasteiger partial charge in [-0.05, 0) is 31.2 Å². The number of amides is 1. The number of halogens is 1. The predicted octanol–water partition coefficient (Wildman–Crippen LogP) is 4.25. The Labute approximate surface area is 155 Å². The zero-order valence-corrected chi connectivity index (χ0v) is 15.4. The van der Waals surface area contributed by atoms with Crippen LogP contribution in [-0.4, -0.2) is 28.2 Å². The summed E-state index contributed by atoms with van der Waals surface area (Å²) in [4.78, 5) is 20.9. The van der Waals surface area contributed by atoms with Gasteiger partial charge in [-0.25, -0.2) is 9.97 Å². The normalized spacial score (nSPS) is 12.0. The monoisotopic (exact) mass is 372 g/mol. The Hall–Kier alpha value is -2.31. The van der Waals surface area contributed by atoms with E-state index >= 15 is 0 Å². The molecule has 0 radical (unpaired) electrons. The number of carbonyl (C=O) groups is 1. The standard InChI is InChI=1S/C18H17ClN4OS/c1-11(17(24)20-2)25-18-22-14-9-5-3-7-12(14)16(23-18)21-15-10-6-4-8-13(15)19/h3-11H,1-2H3,(H,20,24)(H,21,22,23). The van der Waals surface area contributed by atoms with E-state index in [0.717, 1.165) is 16.6 Å². The highest BCUT2D eigenvalue weighted by Gasteiger charge is 2.16. The number of rotatable bonds is 5. The molecule has 1 unspecified atom stereocenters. The summed E-state index contributed by atoms with van der Waals surface area (Å²) in [5, 5.41) is 7.65. The molecule has 1 heterocycles. The predicted molar refractivity (Wildman–Crippen MR) is 104 cm³/mol. The first-order chi connectivity index (χ1) is 12.1. The van der Waals surface area contributed by atoms with Crippen LogP contribution in [0.2, 0.25) is 5.02 Å². The molecular weight excluding hydrogens is 356 g/mol. The third-order valence-corrected chi connectivity index (χ3v) is 4.90. The average Bonchev–Trinajstić information content (AvgIpc) is 2.63. The maximum Gasteiger partial charge on any atom is 0.233 e. The van der Waals surface area contributed by atoms with Gasteiger partial charge in [0.1, 0.15) is 5.82 Å². The van der Waals surface area contributed by atoms with Gasteiger partial charge in [-0.1, -0.05) is 47.6 Å². The Morgan fingerprint density at radius 3 is 2.60 bits per heavy atom. The zero-order chi connectivity index (χ0) is 17.8. The second-order valence-corrected chi connectivity index (χ2v) is 7.07. The molecular formula is C18H17ClN4OS. The van der Waals surface area contributed by atoms with E-state index in [4.69, 9.17) is 11.6 Å². The van der Waals surface area contributed by atoms with Crippen LogP contribution in [0.25, 0.3) is 10.9 Å². The summed E-state index contributed by atoms with van der Waals surface area (Å²) < 4.78 is 0. The molecule has 7 heteroatoms. The van der Waals surface area contributed by atoms with Gasteiger partial charge in [0.2, 0.25) is 5.91 Å². The van der Waals surface area contributed by atoms with Crippen LogP contribution in [0.3, 0.4) is 0 Å². The number of fused-ring (bicyclic) bond motifs is 1. The number of thioether (sulfide) groups is 1. The number of nitrogens with zero attached hydrogens (tertiary/aromatic N) is 2. The molecule has 128 valence electrons. The van der Waals surface area contributed by atoms with Gasteiger partial charge < -0.3 is 10.6 Å². The van der Waals surface area contributed by atoms with Crippen LogP contribution in [0.5, 0.6) is 0 Å². The van der Waals surface area contributed by atoms with Gasteiger partial charge in [-0.15, -0.1) is 0 Å². The lowest BCUT2D eigenvalue weighted by Gasteiger charge is -2.13. The van der Waals surface area contributed by atoms with Crippen molar-refractivity contribution >= 4 is 51.7 Å². The molecule has 5 nitrogen and oxygen atoms in total. The van der Waals surface area contributed by atoms with Crippen molar-refractivity contribution in [1.82, 2.24) is 15.3 Å². The fraction of sp³-hybridized carbons (Fsp3) is 0.167.